The molecule has 4 aromatic carbocycles. The maximum Gasteiger partial charge on any atom is 0.119 e. The first-order valence-corrected chi connectivity index (χ1v) is 32.5. The van der Waals surface area contributed by atoms with Crippen molar-refractivity contribution in [3.8, 4) is 56.0 Å². The Hall–Kier alpha value is -10.3. The van der Waals surface area contributed by atoms with Crippen molar-refractivity contribution in [3.63, 3.8) is 0 Å². The predicted octanol–water partition coefficient (Wildman–Crippen LogP) is 21.3. The van der Waals surface area contributed by atoms with E-state index in [1.165, 1.54) is 22.3 Å². The van der Waals surface area contributed by atoms with E-state index in [4.69, 9.17) is 29.4 Å². The van der Waals surface area contributed by atoms with Crippen LogP contribution in [0.15, 0.2) is 158 Å². The Kier molecular flexibility index (Phi) is 15.2. The van der Waals surface area contributed by atoms with Gasteiger partial charge in [-0.05, 0) is 212 Å². The molecule has 4 aliphatic heterocycles. The summed E-state index contributed by atoms with van der Waals surface area (Å²) in [5, 5.41) is 0. The SMILES string of the molecule is CC(C)(C)c1cc(-c2c3nc(cc4ccc([nH]4)c(-c4cccc(OCCCOc5cccc(-c6c7nc(cc8ccc([nH]8)c(-c8cc(C(C)(C)C)cc(C(C)(C)C)c8)c8nc(cc9ccc6[nH]9)C=C8)C=C7)c5)c4)c4nc(cc5ccc2[nH]5)C=C4)C=C3)cc(C(C)(C)C)c1. The summed E-state index contributed by atoms with van der Waals surface area (Å²) < 4.78 is 13.0. The van der Waals surface area contributed by atoms with Gasteiger partial charge in [0.05, 0.1) is 58.8 Å². The first-order chi connectivity index (χ1) is 44.5. The fourth-order valence-electron chi connectivity index (χ4n) is 12.6. The Morgan fingerprint density at radius 1 is 0.290 bits per heavy atom. The number of nitrogens with one attached hydrogen (secondary N) is 4. The summed E-state index contributed by atoms with van der Waals surface area (Å²) in [7, 11) is 0. The lowest BCUT2D eigenvalue weighted by Gasteiger charge is -2.26. The van der Waals surface area contributed by atoms with Crippen LogP contribution in [0, 0.1) is 0 Å². The van der Waals surface area contributed by atoms with Gasteiger partial charge in [0.15, 0.2) is 0 Å². The predicted molar refractivity (Wildman–Crippen MR) is 390 cm³/mol. The maximum absolute atomic E-state index is 6.50. The molecule has 6 aromatic heterocycles. The minimum atomic E-state index is -0.0436. The van der Waals surface area contributed by atoms with E-state index in [0.29, 0.717) is 19.6 Å². The Morgan fingerprint density at radius 2 is 0.570 bits per heavy atom. The molecule has 16 bridgehead atoms. The Morgan fingerprint density at radius 3 is 0.849 bits per heavy atom. The zero-order valence-electron chi connectivity index (χ0n) is 55.4. The van der Waals surface area contributed by atoms with Gasteiger partial charge >= 0.3 is 0 Å². The zero-order chi connectivity index (χ0) is 64.6. The molecule has 0 saturated carbocycles. The van der Waals surface area contributed by atoms with Crippen LogP contribution in [0.5, 0.6) is 11.5 Å². The number of aromatic nitrogens is 8. The second kappa shape index (κ2) is 23.4. The summed E-state index contributed by atoms with van der Waals surface area (Å²) in [6, 6.07) is 56.2. The van der Waals surface area contributed by atoms with Crippen molar-refractivity contribution in [1.82, 2.24) is 39.9 Å². The van der Waals surface area contributed by atoms with E-state index < -0.39 is 0 Å². The molecule has 0 aliphatic carbocycles. The summed E-state index contributed by atoms with van der Waals surface area (Å²) in [6.07, 6.45) is 17.5. The first kappa shape index (κ1) is 60.3. The van der Waals surface area contributed by atoms with Gasteiger partial charge in [0, 0.05) is 72.8 Å². The molecule has 0 spiro atoms. The van der Waals surface area contributed by atoms with Crippen molar-refractivity contribution in [2.75, 3.05) is 13.2 Å². The number of ether oxygens (including phenoxy) is 2. The molecule has 10 nitrogen and oxygen atoms in total. The van der Waals surface area contributed by atoms with Gasteiger partial charge in [-0.1, -0.05) is 144 Å². The summed E-state index contributed by atoms with van der Waals surface area (Å²) in [5.41, 5.74) is 27.9. The van der Waals surface area contributed by atoms with E-state index in [1.54, 1.807) is 0 Å². The van der Waals surface area contributed by atoms with E-state index in [2.05, 4.69) is 285 Å². The fraction of sp³-hybridized carbons (Fsp3) is 0.229. The quantitative estimate of drug-likeness (QED) is 0.101. The van der Waals surface area contributed by atoms with Crippen molar-refractivity contribution >= 4 is 92.7 Å². The Bertz CT molecular complexity index is 4740. The van der Waals surface area contributed by atoms with Gasteiger partial charge in [-0.2, -0.15) is 0 Å². The molecule has 0 radical (unpaired) electrons. The van der Waals surface area contributed by atoms with Gasteiger partial charge in [0.25, 0.3) is 0 Å². The van der Waals surface area contributed by atoms with Crippen molar-refractivity contribution < 1.29 is 9.47 Å². The van der Waals surface area contributed by atoms with Crippen LogP contribution < -0.4 is 9.47 Å². The van der Waals surface area contributed by atoms with Gasteiger partial charge in [0.2, 0.25) is 0 Å². The summed E-state index contributed by atoms with van der Waals surface area (Å²) in [6.45, 7) is 28.3. The second-order valence-electron chi connectivity index (χ2n) is 29.1. The molecule has 14 rings (SSSR count). The van der Waals surface area contributed by atoms with Gasteiger partial charge in [-0.15, -0.1) is 0 Å². The highest BCUT2D eigenvalue weighted by Crippen LogP contribution is 2.41. The molecule has 10 heteroatoms. The number of rotatable bonds is 10. The number of hydrogen-bond donors (Lipinski definition) is 4. The van der Waals surface area contributed by atoms with Crippen LogP contribution in [-0.4, -0.2) is 53.1 Å². The topological polar surface area (TPSA) is 133 Å². The smallest absolute Gasteiger partial charge is 0.119 e. The van der Waals surface area contributed by atoms with Gasteiger partial charge in [-0.25, -0.2) is 19.9 Å². The van der Waals surface area contributed by atoms with E-state index in [-0.39, 0.29) is 21.7 Å². The molecule has 464 valence electrons. The van der Waals surface area contributed by atoms with Crippen LogP contribution >= 0.6 is 0 Å². The standard InChI is InChI=1S/C83H80N8O2/c1-80(2,3)54-38-52(39-55(44-54)81(4,5)6)78-72-32-24-62(88-72)46-58-20-28-68(84-58)76(69-29-21-59(85-69)47-63-25-33-73(78)89-63)50-16-13-18-66(42-50)92-36-15-37-93-67-19-14-17-51(43-67)77-70-30-22-60(86-70)48-64-26-34-74(90-64)79(75-35-27-65(91-75)49-61-23-31-71(77)87-61)53-40-56(82(7,8)9)45-57(41-53)83(10,11)12/h13-14,16-35,38-49,84,86,89,91H,15,36-37H2,1-12H3. The molecular formula is C83H80N8O2. The second-order valence-corrected chi connectivity index (χ2v) is 29.1. The molecule has 10 aromatic rings. The van der Waals surface area contributed by atoms with Crippen LogP contribution in [0.1, 0.15) is 157 Å². The number of benzene rings is 4. The average molecular weight is 1220 g/mol. The minimum Gasteiger partial charge on any atom is -0.493 e. The molecule has 93 heavy (non-hydrogen) atoms. The third-order valence-corrected chi connectivity index (χ3v) is 17.8. The van der Waals surface area contributed by atoms with E-state index in [9.17, 15) is 0 Å². The summed E-state index contributed by atoms with van der Waals surface area (Å²) in [4.78, 5) is 36.0. The molecule has 0 unspecified atom stereocenters. The molecule has 10 heterocycles. The third kappa shape index (κ3) is 12.7. The van der Waals surface area contributed by atoms with Crippen molar-refractivity contribution in [3.05, 3.63) is 226 Å². The number of hydrogen-bond acceptors (Lipinski definition) is 6. The number of H-pyrrole nitrogens is 4. The molecule has 4 aliphatic rings. The maximum atomic E-state index is 6.50. The lowest BCUT2D eigenvalue weighted by Crippen LogP contribution is -2.16. The molecule has 0 saturated heterocycles. The molecular weight excluding hydrogens is 1140 g/mol. The first-order valence-electron chi connectivity index (χ1n) is 32.5. The Labute approximate surface area is 545 Å². The zero-order valence-corrected chi connectivity index (χ0v) is 55.4. The number of fused-ring (bicyclic) bond motifs is 16. The summed E-state index contributed by atoms with van der Waals surface area (Å²) in [5.74, 6) is 1.52. The lowest BCUT2D eigenvalue weighted by molar-refractivity contribution is 0.247. The third-order valence-electron chi connectivity index (χ3n) is 17.8. The lowest BCUT2D eigenvalue weighted by atomic mass is 9.78. The fourth-order valence-corrected chi connectivity index (χ4v) is 12.6. The number of nitrogens with zero attached hydrogens (tertiary/aromatic N) is 4. The Balaban J connectivity index is 0.727. The van der Waals surface area contributed by atoms with Crippen molar-refractivity contribution in [2.45, 2.75) is 111 Å². The van der Waals surface area contributed by atoms with Gasteiger partial charge in [-0.3, -0.25) is 0 Å². The van der Waals surface area contributed by atoms with Crippen LogP contribution in [0.2, 0.25) is 0 Å². The highest BCUT2D eigenvalue weighted by Gasteiger charge is 2.26. The molecule has 0 atom stereocenters. The highest BCUT2D eigenvalue weighted by atomic mass is 16.5. The van der Waals surface area contributed by atoms with Crippen LogP contribution in [-0.2, 0) is 21.7 Å². The molecule has 0 amide bonds. The minimum absolute atomic E-state index is 0.0436. The molecule has 4 N–H and O–H groups in total. The summed E-state index contributed by atoms with van der Waals surface area (Å²) >= 11 is 0. The van der Waals surface area contributed by atoms with Crippen LogP contribution in [0.25, 0.3) is 137 Å². The van der Waals surface area contributed by atoms with Gasteiger partial charge < -0.3 is 29.4 Å². The van der Waals surface area contributed by atoms with E-state index in [0.717, 1.165) is 146 Å². The van der Waals surface area contributed by atoms with Crippen LogP contribution in [0.4, 0.5) is 0 Å². The van der Waals surface area contributed by atoms with Crippen molar-refractivity contribution in [2.24, 2.45) is 0 Å². The normalized spacial score (nSPS) is 13.1. The largest absolute Gasteiger partial charge is 0.493 e. The number of aromatic amines is 4. The van der Waals surface area contributed by atoms with E-state index in [1.807, 2.05) is 24.3 Å². The van der Waals surface area contributed by atoms with Gasteiger partial charge in [0.1, 0.15) is 11.5 Å². The molecule has 0 fully saturated rings. The van der Waals surface area contributed by atoms with Crippen LogP contribution in [0.3, 0.4) is 0 Å². The monoisotopic (exact) mass is 1220 g/mol. The average Bonchev–Trinajstić information content (AvgIpc) is 1.69. The highest BCUT2D eigenvalue weighted by molar-refractivity contribution is 5.96. The van der Waals surface area contributed by atoms with Crippen molar-refractivity contribution in [1.29, 1.82) is 0 Å². The van der Waals surface area contributed by atoms with E-state index >= 15 is 0 Å².